The molecule has 0 spiro atoms. The van der Waals surface area contributed by atoms with Crippen molar-refractivity contribution < 1.29 is 18.8 Å². The molecule has 2 N–H and O–H groups in total. The summed E-state index contributed by atoms with van der Waals surface area (Å²) in [7, 11) is 0. The largest absolute Gasteiger partial charge is 0.484 e. The first-order valence-corrected chi connectivity index (χ1v) is 7.31. The minimum atomic E-state index is -0.995. The van der Waals surface area contributed by atoms with Crippen molar-refractivity contribution in [3.05, 3.63) is 34.1 Å². The van der Waals surface area contributed by atoms with Crippen LogP contribution in [0.1, 0.15) is 20.3 Å². The summed E-state index contributed by atoms with van der Waals surface area (Å²) in [5, 5.41) is 10.5. The molecule has 1 fully saturated rings. The molecule has 134 valence electrons. The van der Waals surface area contributed by atoms with E-state index in [1.807, 2.05) is 13.8 Å². The second-order valence-electron chi connectivity index (χ2n) is 6.36. The summed E-state index contributed by atoms with van der Waals surface area (Å²) in [5.41, 5.74) is 5.23. The van der Waals surface area contributed by atoms with Crippen molar-refractivity contribution in [2.45, 2.75) is 26.3 Å². The van der Waals surface area contributed by atoms with Crippen LogP contribution >= 0.6 is 12.4 Å². The number of rotatable bonds is 4. The van der Waals surface area contributed by atoms with Gasteiger partial charge in [-0.2, -0.15) is 4.39 Å². The van der Waals surface area contributed by atoms with Gasteiger partial charge in [-0.15, -0.1) is 12.4 Å². The second kappa shape index (κ2) is 7.76. The van der Waals surface area contributed by atoms with Crippen molar-refractivity contribution in [1.29, 1.82) is 0 Å². The highest BCUT2D eigenvalue weighted by Gasteiger charge is 2.35. The minimum absolute atomic E-state index is 0. The number of amides is 1. The number of nitrogens with zero attached hydrogens (tertiary/aromatic N) is 2. The van der Waals surface area contributed by atoms with E-state index in [1.54, 1.807) is 4.90 Å². The van der Waals surface area contributed by atoms with Gasteiger partial charge in [0.15, 0.2) is 6.61 Å². The van der Waals surface area contributed by atoms with Crippen LogP contribution < -0.4 is 10.5 Å². The Morgan fingerprint density at radius 3 is 2.75 bits per heavy atom. The van der Waals surface area contributed by atoms with Gasteiger partial charge in [0.05, 0.1) is 4.92 Å². The molecule has 1 amide bonds. The lowest BCUT2D eigenvalue weighted by Crippen LogP contribution is -2.54. The Morgan fingerprint density at radius 1 is 1.54 bits per heavy atom. The number of nitro benzene ring substituents is 1. The first-order chi connectivity index (χ1) is 10.7. The predicted molar refractivity (Wildman–Crippen MR) is 88.8 cm³/mol. The molecule has 0 aromatic heterocycles. The highest BCUT2D eigenvalue weighted by molar-refractivity contribution is 5.85. The molecular weight excluding hydrogens is 341 g/mol. The van der Waals surface area contributed by atoms with Crippen LogP contribution in [0.3, 0.4) is 0 Å². The number of carbonyl (C=O) groups is 1. The SMILES string of the molecule is CC1(C)CN(C(=O)COc2ccc([N+](=O)[O-])c(F)c2)CCC1N.Cl. The van der Waals surface area contributed by atoms with Crippen molar-refractivity contribution in [2.24, 2.45) is 11.1 Å². The van der Waals surface area contributed by atoms with Gasteiger partial charge in [0, 0.05) is 31.3 Å². The van der Waals surface area contributed by atoms with Crippen LogP contribution in [-0.4, -0.2) is 41.5 Å². The van der Waals surface area contributed by atoms with Gasteiger partial charge in [-0.3, -0.25) is 14.9 Å². The van der Waals surface area contributed by atoms with E-state index in [1.165, 1.54) is 6.07 Å². The Balaban J connectivity index is 0.00000288. The third-order valence-corrected chi connectivity index (χ3v) is 4.14. The Hall–Kier alpha value is -1.93. The maximum absolute atomic E-state index is 13.5. The lowest BCUT2D eigenvalue weighted by Gasteiger charge is -2.42. The summed E-state index contributed by atoms with van der Waals surface area (Å²) in [6.07, 6.45) is 0.713. The third-order valence-electron chi connectivity index (χ3n) is 4.14. The Bertz CT molecular complexity index is 627. The van der Waals surface area contributed by atoms with Gasteiger partial charge in [0.2, 0.25) is 5.82 Å². The van der Waals surface area contributed by atoms with Gasteiger partial charge in [0.25, 0.3) is 5.91 Å². The number of ether oxygens (including phenoxy) is 1. The van der Waals surface area contributed by atoms with E-state index in [9.17, 15) is 19.3 Å². The maximum Gasteiger partial charge on any atom is 0.305 e. The molecule has 1 aromatic carbocycles. The quantitative estimate of drug-likeness (QED) is 0.654. The fourth-order valence-corrected chi connectivity index (χ4v) is 2.55. The molecule has 0 radical (unpaired) electrons. The normalized spacial score (nSPS) is 19.3. The Labute approximate surface area is 145 Å². The first kappa shape index (κ1) is 20.1. The zero-order chi connectivity index (χ0) is 17.2. The molecule has 0 aliphatic carbocycles. The van der Waals surface area contributed by atoms with E-state index in [4.69, 9.17) is 10.5 Å². The lowest BCUT2D eigenvalue weighted by molar-refractivity contribution is -0.387. The van der Waals surface area contributed by atoms with Crippen molar-refractivity contribution in [2.75, 3.05) is 19.7 Å². The van der Waals surface area contributed by atoms with Gasteiger partial charge < -0.3 is 15.4 Å². The molecule has 1 aliphatic rings. The number of nitro groups is 1. The molecular formula is C15H21ClFN3O4. The average molecular weight is 362 g/mol. The standard InChI is InChI=1S/C15H20FN3O4.ClH/c1-15(2)9-18(6-5-13(15)17)14(20)8-23-10-3-4-12(19(21)22)11(16)7-10;/h3-4,7,13H,5-6,8-9,17H2,1-2H3;1H. The second-order valence-corrected chi connectivity index (χ2v) is 6.36. The van der Waals surface area contributed by atoms with E-state index in [2.05, 4.69) is 0 Å². The number of hydrogen-bond donors (Lipinski definition) is 1. The number of nitrogens with two attached hydrogens (primary N) is 1. The summed E-state index contributed by atoms with van der Waals surface area (Å²) in [6.45, 7) is 4.85. The summed E-state index contributed by atoms with van der Waals surface area (Å²) in [6, 6.07) is 3.22. The molecule has 7 nitrogen and oxygen atoms in total. The summed E-state index contributed by atoms with van der Waals surface area (Å²) >= 11 is 0. The highest BCUT2D eigenvalue weighted by Crippen LogP contribution is 2.28. The van der Waals surface area contributed by atoms with Crippen LogP contribution in [0.2, 0.25) is 0 Å². The van der Waals surface area contributed by atoms with Crippen LogP contribution in [0.5, 0.6) is 5.75 Å². The fraction of sp³-hybridized carbons (Fsp3) is 0.533. The minimum Gasteiger partial charge on any atom is -0.484 e. The smallest absolute Gasteiger partial charge is 0.305 e. The molecule has 1 saturated heterocycles. The van der Waals surface area contributed by atoms with E-state index in [-0.39, 0.29) is 42.1 Å². The van der Waals surface area contributed by atoms with Crippen LogP contribution in [0, 0.1) is 21.3 Å². The van der Waals surface area contributed by atoms with Crippen LogP contribution in [-0.2, 0) is 4.79 Å². The molecule has 2 rings (SSSR count). The van der Waals surface area contributed by atoms with E-state index in [0.29, 0.717) is 19.5 Å². The number of hydrogen-bond acceptors (Lipinski definition) is 5. The highest BCUT2D eigenvalue weighted by atomic mass is 35.5. The molecule has 24 heavy (non-hydrogen) atoms. The molecule has 9 heteroatoms. The van der Waals surface area contributed by atoms with Gasteiger partial charge >= 0.3 is 5.69 Å². The van der Waals surface area contributed by atoms with Crippen molar-refractivity contribution >= 4 is 24.0 Å². The van der Waals surface area contributed by atoms with Crippen LogP contribution in [0.15, 0.2) is 18.2 Å². The van der Waals surface area contributed by atoms with Crippen molar-refractivity contribution in [3.8, 4) is 5.75 Å². The van der Waals surface area contributed by atoms with Gasteiger partial charge in [-0.25, -0.2) is 0 Å². The molecule has 0 saturated carbocycles. The van der Waals surface area contributed by atoms with Gasteiger partial charge in [-0.1, -0.05) is 13.8 Å². The molecule has 1 aromatic rings. The van der Waals surface area contributed by atoms with Crippen molar-refractivity contribution in [3.63, 3.8) is 0 Å². The summed E-state index contributed by atoms with van der Waals surface area (Å²) in [5.74, 6) is -1.14. The number of likely N-dealkylation sites (tertiary alicyclic amines) is 1. The Kier molecular flexibility index (Phi) is 6.50. The Morgan fingerprint density at radius 2 is 2.21 bits per heavy atom. The van der Waals surface area contributed by atoms with E-state index < -0.39 is 16.4 Å². The van der Waals surface area contributed by atoms with Crippen LogP contribution in [0.25, 0.3) is 0 Å². The summed E-state index contributed by atoms with van der Waals surface area (Å²) < 4.78 is 18.7. The fourth-order valence-electron chi connectivity index (χ4n) is 2.55. The molecule has 1 aliphatic heterocycles. The van der Waals surface area contributed by atoms with Gasteiger partial charge in [0.1, 0.15) is 5.75 Å². The zero-order valence-corrected chi connectivity index (χ0v) is 14.3. The van der Waals surface area contributed by atoms with E-state index >= 15 is 0 Å². The molecule has 0 bridgehead atoms. The molecule has 1 unspecified atom stereocenters. The van der Waals surface area contributed by atoms with Gasteiger partial charge in [-0.05, 0) is 17.9 Å². The molecule has 1 heterocycles. The topological polar surface area (TPSA) is 98.7 Å². The average Bonchev–Trinajstić information content (AvgIpc) is 2.47. The maximum atomic E-state index is 13.5. The van der Waals surface area contributed by atoms with Crippen LogP contribution in [0.4, 0.5) is 10.1 Å². The van der Waals surface area contributed by atoms with E-state index in [0.717, 1.165) is 12.1 Å². The van der Waals surface area contributed by atoms with Crippen molar-refractivity contribution in [1.82, 2.24) is 4.90 Å². The predicted octanol–water partition coefficient (Wildman–Crippen LogP) is 2.12. The monoisotopic (exact) mass is 361 g/mol. The molecule has 1 atom stereocenters. The number of halogens is 2. The lowest BCUT2D eigenvalue weighted by atomic mass is 9.80. The number of carbonyl (C=O) groups excluding carboxylic acids is 1. The zero-order valence-electron chi connectivity index (χ0n) is 13.5. The number of benzene rings is 1. The third kappa shape index (κ3) is 4.55. The first-order valence-electron chi connectivity index (χ1n) is 7.31. The number of piperidine rings is 1. The summed E-state index contributed by atoms with van der Waals surface area (Å²) in [4.78, 5) is 23.6.